The normalized spacial score (nSPS) is 10.1. The summed E-state index contributed by atoms with van der Waals surface area (Å²) < 4.78 is 0. The molecule has 0 saturated carbocycles. The zero-order chi connectivity index (χ0) is 16.3. The number of anilines is 2. The molecule has 2 aromatic rings. The number of hydrogen-bond acceptors (Lipinski definition) is 3. The molecule has 0 amide bonds. The average Bonchev–Trinajstić information content (AvgIpc) is 2.44. The molecular formula is C16H17N3O2S. The molecule has 0 aliphatic carbocycles. The summed E-state index contributed by atoms with van der Waals surface area (Å²) in [4.78, 5) is 10.7. The molecule has 22 heavy (non-hydrogen) atoms. The first kappa shape index (κ1) is 15.9. The van der Waals surface area contributed by atoms with Gasteiger partial charge in [0.25, 0.3) is 5.69 Å². The zero-order valence-electron chi connectivity index (χ0n) is 12.6. The maximum Gasteiger partial charge on any atom is 0.293 e. The fraction of sp³-hybridized carbons (Fsp3) is 0.188. The van der Waals surface area contributed by atoms with E-state index in [1.54, 1.807) is 19.1 Å². The predicted molar refractivity (Wildman–Crippen MR) is 93.6 cm³/mol. The second-order valence-corrected chi connectivity index (χ2v) is 5.53. The molecular weight excluding hydrogens is 298 g/mol. The van der Waals surface area contributed by atoms with Crippen molar-refractivity contribution in [3.8, 4) is 0 Å². The van der Waals surface area contributed by atoms with Gasteiger partial charge in [-0.25, -0.2) is 0 Å². The van der Waals surface area contributed by atoms with E-state index in [1.807, 2.05) is 32.0 Å². The Labute approximate surface area is 134 Å². The van der Waals surface area contributed by atoms with E-state index in [9.17, 15) is 10.1 Å². The van der Waals surface area contributed by atoms with Gasteiger partial charge < -0.3 is 10.6 Å². The van der Waals surface area contributed by atoms with Crippen LogP contribution in [0.2, 0.25) is 0 Å². The summed E-state index contributed by atoms with van der Waals surface area (Å²) in [6.45, 7) is 5.80. The van der Waals surface area contributed by atoms with Gasteiger partial charge in [0.05, 0.1) is 4.92 Å². The van der Waals surface area contributed by atoms with E-state index in [2.05, 4.69) is 10.6 Å². The number of nitro groups is 1. The first-order valence-corrected chi connectivity index (χ1v) is 7.18. The van der Waals surface area contributed by atoms with Crippen LogP contribution >= 0.6 is 12.2 Å². The van der Waals surface area contributed by atoms with Gasteiger partial charge in [-0.05, 0) is 50.2 Å². The summed E-state index contributed by atoms with van der Waals surface area (Å²) in [6, 6.07) is 10.9. The van der Waals surface area contributed by atoms with Gasteiger partial charge in [0, 0.05) is 11.8 Å². The molecule has 0 aromatic heterocycles. The molecule has 0 atom stereocenters. The summed E-state index contributed by atoms with van der Waals surface area (Å²) in [7, 11) is 0. The van der Waals surface area contributed by atoms with E-state index in [-0.39, 0.29) is 5.69 Å². The van der Waals surface area contributed by atoms with Crippen LogP contribution < -0.4 is 10.6 Å². The van der Waals surface area contributed by atoms with Crippen LogP contribution in [0.4, 0.5) is 17.1 Å². The molecule has 5 nitrogen and oxygen atoms in total. The van der Waals surface area contributed by atoms with Gasteiger partial charge >= 0.3 is 0 Å². The summed E-state index contributed by atoms with van der Waals surface area (Å²) in [5.74, 6) is 0. The van der Waals surface area contributed by atoms with Gasteiger partial charge in [-0.1, -0.05) is 29.8 Å². The maximum absolute atomic E-state index is 11.1. The topological polar surface area (TPSA) is 67.2 Å². The Bertz CT molecular complexity index is 744. The number of hydrogen-bond donors (Lipinski definition) is 2. The summed E-state index contributed by atoms with van der Waals surface area (Å²) >= 11 is 5.27. The van der Waals surface area contributed by atoms with Gasteiger partial charge in [-0.2, -0.15) is 0 Å². The molecule has 0 bridgehead atoms. The van der Waals surface area contributed by atoms with Crippen molar-refractivity contribution in [2.75, 3.05) is 10.6 Å². The molecule has 0 heterocycles. The summed E-state index contributed by atoms with van der Waals surface area (Å²) in [6.07, 6.45) is 0. The molecule has 6 heteroatoms. The number of rotatable bonds is 3. The second-order valence-electron chi connectivity index (χ2n) is 5.12. The minimum absolute atomic E-state index is 0.00442. The fourth-order valence-electron chi connectivity index (χ4n) is 2.19. The van der Waals surface area contributed by atoms with Crippen LogP contribution in [0.3, 0.4) is 0 Å². The van der Waals surface area contributed by atoms with Crippen LogP contribution in [0.25, 0.3) is 0 Å². The molecule has 114 valence electrons. The Morgan fingerprint density at radius 2 is 1.82 bits per heavy atom. The highest BCUT2D eigenvalue weighted by atomic mass is 32.1. The summed E-state index contributed by atoms with van der Waals surface area (Å²) in [5, 5.41) is 17.4. The number of para-hydroxylation sites is 1. The molecule has 0 aliphatic rings. The van der Waals surface area contributed by atoms with Crippen molar-refractivity contribution < 1.29 is 4.92 Å². The number of nitro benzene ring substituents is 1. The van der Waals surface area contributed by atoms with E-state index in [1.165, 1.54) is 6.07 Å². The number of thiocarbonyl (C=S) groups is 1. The molecule has 0 radical (unpaired) electrons. The molecule has 2 rings (SSSR count). The van der Waals surface area contributed by atoms with Crippen LogP contribution in [0, 0.1) is 30.9 Å². The van der Waals surface area contributed by atoms with Crippen molar-refractivity contribution in [1.29, 1.82) is 0 Å². The van der Waals surface area contributed by atoms with Crippen molar-refractivity contribution in [2.45, 2.75) is 20.8 Å². The van der Waals surface area contributed by atoms with E-state index < -0.39 is 4.92 Å². The highest BCUT2D eigenvalue weighted by molar-refractivity contribution is 7.80. The largest absolute Gasteiger partial charge is 0.332 e. The lowest BCUT2D eigenvalue weighted by atomic mass is 10.1. The maximum atomic E-state index is 11.1. The van der Waals surface area contributed by atoms with Crippen molar-refractivity contribution in [1.82, 2.24) is 0 Å². The van der Waals surface area contributed by atoms with Crippen LogP contribution in [-0.2, 0) is 0 Å². The van der Waals surface area contributed by atoms with E-state index in [4.69, 9.17) is 12.2 Å². The first-order valence-electron chi connectivity index (χ1n) is 6.77. The fourth-order valence-corrected chi connectivity index (χ4v) is 2.40. The highest BCUT2D eigenvalue weighted by Gasteiger charge is 2.16. The van der Waals surface area contributed by atoms with Crippen LogP contribution in [-0.4, -0.2) is 10.0 Å². The van der Waals surface area contributed by atoms with Crippen molar-refractivity contribution in [3.05, 3.63) is 63.2 Å². The van der Waals surface area contributed by atoms with Gasteiger partial charge in [-0.3, -0.25) is 10.1 Å². The average molecular weight is 315 g/mol. The number of nitrogens with zero attached hydrogens (tertiary/aromatic N) is 1. The Hall–Kier alpha value is -2.47. The molecule has 0 saturated heterocycles. The smallest absolute Gasteiger partial charge is 0.293 e. The third kappa shape index (κ3) is 3.59. The van der Waals surface area contributed by atoms with Crippen molar-refractivity contribution >= 4 is 34.4 Å². The Morgan fingerprint density at radius 1 is 1.09 bits per heavy atom. The zero-order valence-corrected chi connectivity index (χ0v) is 13.5. The Balaban J connectivity index is 2.21. The van der Waals surface area contributed by atoms with E-state index in [0.717, 1.165) is 22.4 Å². The quantitative estimate of drug-likeness (QED) is 0.501. The lowest BCUT2D eigenvalue weighted by Crippen LogP contribution is -2.21. The number of aryl methyl sites for hydroxylation is 3. The van der Waals surface area contributed by atoms with Crippen molar-refractivity contribution in [3.63, 3.8) is 0 Å². The standard InChI is InChI=1S/C16H17N3O2S/c1-10-7-8-13(12(3)9-10)17-16(22)18-15-11(2)5-4-6-14(15)19(20)21/h4-9H,1-3H3,(H2,17,18,22). The number of benzene rings is 2. The van der Waals surface area contributed by atoms with E-state index in [0.29, 0.717) is 10.8 Å². The second kappa shape index (κ2) is 6.53. The minimum atomic E-state index is -0.422. The lowest BCUT2D eigenvalue weighted by molar-refractivity contribution is -0.383. The van der Waals surface area contributed by atoms with Gasteiger partial charge in [0.15, 0.2) is 5.11 Å². The molecule has 0 aliphatic heterocycles. The van der Waals surface area contributed by atoms with Gasteiger partial charge in [0.1, 0.15) is 5.69 Å². The van der Waals surface area contributed by atoms with Crippen LogP contribution in [0.15, 0.2) is 36.4 Å². The lowest BCUT2D eigenvalue weighted by Gasteiger charge is -2.14. The SMILES string of the molecule is Cc1ccc(NC(=S)Nc2c(C)cccc2[N+](=O)[O-])c(C)c1. The minimum Gasteiger partial charge on any atom is -0.332 e. The molecule has 0 fully saturated rings. The van der Waals surface area contributed by atoms with Crippen molar-refractivity contribution in [2.24, 2.45) is 0 Å². The number of nitrogens with one attached hydrogen (secondary N) is 2. The highest BCUT2D eigenvalue weighted by Crippen LogP contribution is 2.28. The monoisotopic (exact) mass is 315 g/mol. The third-order valence-electron chi connectivity index (χ3n) is 3.32. The van der Waals surface area contributed by atoms with Gasteiger partial charge in [-0.15, -0.1) is 0 Å². The molecule has 0 unspecified atom stereocenters. The molecule has 0 spiro atoms. The van der Waals surface area contributed by atoms with E-state index >= 15 is 0 Å². The van der Waals surface area contributed by atoms with Crippen LogP contribution in [0.5, 0.6) is 0 Å². The molecule has 2 aromatic carbocycles. The summed E-state index contributed by atoms with van der Waals surface area (Å²) in [5.41, 5.74) is 4.28. The Morgan fingerprint density at radius 3 is 2.45 bits per heavy atom. The molecule has 2 N–H and O–H groups in total. The Kier molecular flexibility index (Phi) is 4.72. The third-order valence-corrected chi connectivity index (χ3v) is 3.52. The predicted octanol–water partition coefficient (Wildman–Crippen LogP) is 4.33. The first-order chi connectivity index (χ1) is 10.4. The van der Waals surface area contributed by atoms with Crippen LogP contribution in [0.1, 0.15) is 16.7 Å². The van der Waals surface area contributed by atoms with Gasteiger partial charge in [0.2, 0.25) is 0 Å².